The van der Waals surface area contributed by atoms with E-state index in [4.69, 9.17) is 4.42 Å². The van der Waals surface area contributed by atoms with Crippen LogP contribution in [0.1, 0.15) is 11.3 Å². The number of carbonyl (C=O) groups is 3. The lowest BCUT2D eigenvalue weighted by atomic mass is 10.2. The first kappa shape index (κ1) is 24.4. The van der Waals surface area contributed by atoms with Crippen molar-refractivity contribution in [2.45, 2.75) is 11.4 Å². The van der Waals surface area contributed by atoms with Crippen molar-refractivity contribution in [3.8, 4) is 0 Å². The predicted molar refractivity (Wildman–Crippen MR) is 127 cm³/mol. The maximum absolute atomic E-state index is 13.1. The fourth-order valence-corrected chi connectivity index (χ4v) is 4.90. The molecule has 1 aromatic heterocycles. The molecule has 180 valence electrons. The number of furan rings is 1. The molecule has 0 radical (unpaired) electrons. The van der Waals surface area contributed by atoms with Gasteiger partial charge in [0.05, 0.1) is 22.6 Å². The van der Waals surface area contributed by atoms with Gasteiger partial charge in [0.2, 0.25) is 15.9 Å². The van der Waals surface area contributed by atoms with Crippen molar-refractivity contribution in [1.29, 1.82) is 0 Å². The van der Waals surface area contributed by atoms with Gasteiger partial charge in [-0.15, -0.1) is 0 Å². The molecular formula is C23H18FN3O6S2. The third-order valence-corrected chi connectivity index (χ3v) is 7.13. The first-order valence-corrected chi connectivity index (χ1v) is 12.4. The number of hydrogen-bond donors (Lipinski definition) is 2. The molecule has 1 aliphatic heterocycles. The second kappa shape index (κ2) is 10.3. The predicted octanol–water partition coefficient (Wildman–Crippen LogP) is 3.57. The van der Waals surface area contributed by atoms with Crippen LogP contribution in [0.5, 0.6) is 0 Å². The van der Waals surface area contributed by atoms with E-state index >= 15 is 0 Å². The third-order valence-electron chi connectivity index (χ3n) is 4.81. The van der Waals surface area contributed by atoms with Crippen LogP contribution in [-0.4, -0.2) is 36.9 Å². The number of nitrogens with zero attached hydrogens (tertiary/aromatic N) is 1. The highest BCUT2D eigenvalue weighted by Crippen LogP contribution is 2.32. The zero-order chi connectivity index (χ0) is 25.0. The van der Waals surface area contributed by atoms with Gasteiger partial charge in [-0.25, -0.2) is 17.5 Å². The maximum Gasteiger partial charge on any atom is 0.294 e. The Labute approximate surface area is 204 Å². The van der Waals surface area contributed by atoms with E-state index in [1.54, 1.807) is 12.1 Å². The van der Waals surface area contributed by atoms with Crippen molar-refractivity contribution >= 4 is 50.6 Å². The molecule has 9 nitrogen and oxygen atoms in total. The number of amides is 3. The van der Waals surface area contributed by atoms with Gasteiger partial charge >= 0.3 is 0 Å². The quantitative estimate of drug-likeness (QED) is 0.439. The van der Waals surface area contributed by atoms with Gasteiger partial charge in [0.1, 0.15) is 18.1 Å². The van der Waals surface area contributed by atoms with E-state index in [0.717, 1.165) is 4.90 Å². The number of hydrogen-bond acceptors (Lipinski definition) is 7. The Morgan fingerprint density at radius 2 is 1.77 bits per heavy atom. The zero-order valence-electron chi connectivity index (χ0n) is 17.9. The minimum Gasteiger partial charge on any atom is -0.468 e. The van der Waals surface area contributed by atoms with Crippen molar-refractivity contribution in [3.05, 3.63) is 89.0 Å². The Bertz CT molecular complexity index is 1390. The molecule has 3 aromatic rings. The smallest absolute Gasteiger partial charge is 0.294 e. The van der Waals surface area contributed by atoms with Crippen molar-refractivity contribution in [2.75, 3.05) is 11.9 Å². The largest absolute Gasteiger partial charge is 0.468 e. The molecule has 0 atom stereocenters. The van der Waals surface area contributed by atoms with Crippen LogP contribution in [0.2, 0.25) is 0 Å². The van der Waals surface area contributed by atoms with Crippen molar-refractivity contribution < 1.29 is 31.6 Å². The lowest BCUT2D eigenvalue weighted by Gasteiger charge is -2.13. The number of carbonyl (C=O) groups excluding carboxylic acids is 3. The summed E-state index contributed by atoms with van der Waals surface area (Å²) in [6.07, 6.45) is 2.88. The molecule has 0 saturated carbocycles. The summed E-state index contributed by atoms with van der Waals surface area (Å²) in [6, 6.07) is 14.1. The summed E-state index contributed by atoms with van der Waals surface area (Å²) in [4.78, 5) is 38.1. The topological polar surface area (TPSA) is 126 Å². The second-order valence-electron chi connectivity index (χ2n) is 7.30. The lowest BCUT2D eigenvalue weighted by molar-refractivity contribution is -0.127. The molecule has 12 heteroatoms. The number of benzene rings is 2. The van der Waals surface area contributed by atoms with Crippen LogP contribution in [0.4, 0.5) is 14.9 Å². The SMILES string of the molecule is O=C(CN1C(=O)SC(=Cc2ccc(F)cc2)C1=O)Nc1ccc(S(=O)(=O)NCc2ccco2)cc1. The Morgan fingerprint density at radius 1 is 1.06 bits per heavy atom. The molecule has 35 heavy (non-hydrogen) atoms. The van der Waals surface area contributed by atoms with E-state index in [1.807, 2.05) is 0 Å². The van der Waals surface area contributed by atoms with Gasteiger partial charge < -0.3 is 9.73 Å². The monoisotopic (exact) mass is 515 g/mol. The van der Waals surface area contributed by atoms with E-state index in [9.17, 15) is 27.2 Å². The van der Waals surface area contributed by atoms with Crippen LogP contribution in [0, 0.1) is 5.82 Å². The summed E-state index contributed by atoms with van der Waals surface area (Å²) >= 11 is 0.682. The molecule has 1 aliphatic rings. The standard InChI is InChI=1S/C23H18FN3O6S2/c24-16-5-3-15(4-6-16)12-20-22(29)27(23(30)34-20)14-21(28)26-17-7-9-19(10-8-17)35(31,32)25-13-18-2-1-11-33-18/h1-12,25H,13-14H2,(H,26,28). The molecule has 0 aliphatic carbocycles. The van der Waals surface area contributed by atoms with Crippen LogP contribution in [0.3, 0.4) is 0 Å². The minimum atomic E-state index is -3.80. The fraction of sp³-hybridized carbons (Fsp3) is 0.0870. The fourth-order valence-electron chi connectivity index (χ4n) is 3.07. The highest BCUT2D eigenvalue weighted by molar-refractivity contribution is 8.18. The Morgan fingerprint density at radius 3 is 2.43 bits per heavy atom. The van der Waals surface area contributed by atoms with Crippen molar-refractivity contribution in [3.63, 3.8) is 0 Å². The first-order chi connectivity index (χ1) is 16.7. The Kier molecular flexibility index (Phi) is 7.15. The summed E-state index contributed by atoms with van der Waals surface area (Å²) in [5, 5.41) is 1.92. The van der Waals surface area contributed by atoms with Crippen LogP contribution < -0.4 is 10.0 Å². The number of sulfonamides is 1. The number of anilines is 1. The Hall–Kier alpha value is -3.74. The molecule has 2 N–H and O–H groups in total. The van der Waals surface area contributed by atoms with E-state index < -0.39 is 39.4 Å². The van der Waals surface area contributed by atoms with Gasteiger partial charge in [0.25, 0.3) is 11.1 Å². The average molecular weight is 516 g/mol. The van der Waals surface area contributed by atoms with Gasteiger partial charge in [-0.05, 0) is 71.9 Å². The van der Waals surface area contributed by atoms with Crippen LogP contribution in [0.15, 0.2) is 81.1 Å². The molecule has 1 fully saturated rings. The first-order valence-electron chi connectivity index (χ1n) is 10.1. The van der Waals surface area contributed by atoms with Crippen LogP contribution in [-0.2, 0) is 26.2 Å². The molecule has 3 amide bonds. The molecule has 2 aromatic carbocycles. The van der Waals surface area contributed by atoms with Gasteiger partial charge in [0, 0.05) is 5.69 Å². The van der Waals surface area contributed by atoms with Gasteiger partial charge in [-0.1, -0.05) is 12.1 Å². The number of imide groups is 1. The molecular weight excluding hydrogens is 497 g/mol. The molecule has 0 bridgehead atoms. The summed E-state index contributed by atoms with van der Waals surface area (Å²) < 4.78 is 45.3. The zero-order valence-corrected chi connectivity index (χ0v) is 19.6. The van der Waals surface area contributed by atoms with Gasteiger partial charge in [0.15, 0.2) is 0 Å². The number of halogens is 1. The number of nitrogens with one attached hydrogen (secondary N) is 2. The summed E-state index contributed by atoms with van der Waals surface area (Å²) in [7, 11) is -3.80. The third kappa shape index (κ3) is 6.04. The van der Waals surface area contributed by atoms with Crippen molar-refractivity contribution in [1.82, 2.24) is 9.62 Å². The summed E-state index contributed by atoms with van der Waals surface area (Å²) in [6.45, 7) is -0.530. The summed E-state index contributed by atoms with van der Waals surface area (Å²) in [5.74, 6) is -1.24. The summed E-state index contributed by atoms with van der Waals surface area (Å²) in [5.41, 5.74) is 0.823. The van der Waals surface area contributed by atoms with E-state index in [-0.39, 0.29) is 22.0 Å². The van der Waals surface area contributed by atoms with E-state index in [2.05, 4.69) is 10.0 Å². The van der Waals surface area contributed by atoms with Crippen LogP contribution >= 0.6 is 11.8 Å². The Balaban J connectivity index is 1.35. The average Bonchev–Trinajstić information content (AvgIpc) is 3.44. The molecule has 0 spiro atoms. The minimum absolute atomic E-state index is 0.0126. The molecule has 1 saturated heterocycles. The molecule has 0 unspecified atom stereocenters. The van der Waals surface area contributed by atoms with Gasteiger partial charge in [-0.2, -0.15) is 0 Å². The lowest BCUT2D eigenvalue weighted by Crippen LogP contribution is -2.36. The van der Waals surface area contributed by atoms with E-state index in [1.165, 1.54) is 60.9 Å². The van der Waals surface area contributed by atoms with Crippen LogP contribution in [0.25, 0.3) is 6.08 Å². The number of rotatable bonds is 8. The highest BCUT2D eigenvalue weighted by atomic mass is 32.2. The maximum atomic E-state index is 13.1. The van der Waals surface area contributed by atoms with Gasteiger partial charge in [-0.3, -0.25) is 19.3 Å². The highest BCUT2D eigenvalue weighted by Gasteiger charge is 2.36. The molecule has 4 rings (SSSR count). The van der Waals surface area contributed by atoms with E-state index in [0.29, 0.717) is 23.1 Å². The number of thioether (sulfide) groups is 1. The molecule has 2 heterocycles. The normalized spacial score (nSPS) is 15.1. The van der Waals surface area contributed by atoms with Crippen molar-refractivity contribution in [2.24, 2.45) is 0 Å². The second-order valence-corrected chi connectivity index (χ2v) is 10.1.